The zero-order chi connectivity index (χ0) is 21.2. The number of nitrogens with zero attached hydrogens (tertiary/aromatic N) is 1. The monoisotopic (exact) mass is 418 g/mol. The molecule has 0 aromatic heterocycles. The maximum absolute atomic E-state index is 12.4. The molecule has 0 aliphatic rings. The lowest BCUT2D eigenvalue weighted by molar-refractivity contribution is -0.149. The Labute approximate surface area is 174 Å². The molecule has 0 spiro atoms. The van der Waals surface area contributed by atoms with E-state index in [-0.39, 0.29) is 12.5 Å². The van der Waals surface area contributed by atoms with Crippen LogP contribution in [0.5, 0.6) is 5.75 Å². The van der Waals surface area contributed by atoms with Crippen molar-refractivity contribution in [1.29, 1.82) is 0 Å². The Morgan fingerprint density at radius 3 is 2.41 bits per heavy atom. The predicted molar refractivity (Wildman–Crippen MR) is 110 cm³/mol. The van der Waals surface area contributed by atoms with Gasteiger partial charge in [0.25, 0.3) is 11.8 Å². The second kappa shape index (κ2) is 11.1. The van der Waals surface area contributed by atoms with Crippen LogP contribution in [-0.4, -0.2) is 49.0 Å². The van der Waals surface area contributed by atoms with Crippen molar-refractivity contribution >= 4 is 35.1 Å². The Morgan fingerprint density at radius 2 is 1.72 bits per heavy atom. The van der Waals surface area contributed by atoms with Gasteiger partial charge in [-0.25, -0.2) is 4.79 Å². The van der Waals surface area contributed by atoms with Gasteiger partial charge in [-0.3, -0.25) is 9.59 Å². The molecule has 0 aliphatic heterocycles. The minimum Gasteiger partial charge on any atom is -0.482 e. The highest BCUT2D eigenvalue weighted by Crippen LogP contribution is 2.17. The van der Waals surface area contributed by atoms with Crippen molar-refractivity contribution in [2.45, 2.75) is 13.8 Å². The van der Waals surface area contributed by atoms with Crippen LogP contribution in [0.15, 0.2) is 48.5 Å². The Morgan fingerprint density at radius 1 is 1.00 bits per heavy atom. The summed E-state index contributed by atoms with van der Waals surface area (Å²) in [5.74, 6) is -0.900. The van der Waals surface area contributed by atoms with Gasteiger partial charge >= 0.3 is 5.97 Å². The molecule has 0 saturated heterocycles. The number of benzene rings is 2. The average Bonchev–Trinajstić information content (AvgIpc) is 2.72. The Hall–Kier alpha value is -3.06. The standard InChI is InChI=1S/C21H23ClN2O5/c1-3-24(4-2)21(27)15-7-5-9-17(11-15)23-19(25)13-29-20(26)14-28-18-10-6-8-16(22)12-18/h5-12H,3-4,13-14H2,1-2H3,(H,23,25). The normalized spacial score (nSPS) is 10.2. The number of esters is 1. The second-order valence-electron chi connectivity index (χ2n) is 6.01. The molecular formula is C21H23ClN2O5. The number of halogens is 1. The van der Waals surface area contributed by atoms with E-state index in [0.29, 0.717) is 35.1 Å². The highest BCUT2D eigenvalue weighted by atomic mass is 35.5. The second-order valence-corrected chi connectivity index (χ2v) is 6.45. The topological polar surface area (TPSA) is 84.9 Å². The first kappa shape index (κ1) is 22.2. The molecule has 2 rings (SSSR count). The van der Waals surface area contributed by atoms with E-state index in [4.69, 9.17) is 21.1 Å². The third-order valence-corrected chi connectivity index (χ3v) is 4.20. The number of hydrogen-bond acceptors (Lipinski definition) is 5. The number of carbonyl (C=O) groups is 3. The lowest BCUT2D eigenvalue weighted by atomic mass is 10.1. The van der Waals surface area contributed by atoms with Gasteiger partial charge in [0.1, 0.15) is 5.75 Å². The highest BCUT2D eigenvalue weighted by Gasteiger charge is 2.14. The fraction of sp³-hybridized carbons (Fsp3) is 0.286. The van der Waals surface area contributed by atoms with E-state index in [1.54, 1.807) is 53.4 Å². The smallest absolute Gasteiger partial charge is 0.344 e. The largest absolute Gasteiger partial charge is 0.482 e. The Kier molecular flexibility index (Phi) is 8.48. The van der Waals surface area contributed by atoms with Crippen molar-refractivity contribution in [3.63, 3.8) is 0 Å². The summed E-state index contributed by atoms with van der Waals surface area (Å²) in [5, 5.41) is 3.09. The lowest BCUT2D eigenvalue weighted by Crippen LogP contribution is -2.30. The first-order valence-corrected chi connectivity index (χ1v) is 9.54. The van der Waals surface area contributed by atoms with E-state index in [1.807, 2.05) is 13.8 Å². The van der Waals surface area contributed by atoms with Crippen LogP contribution in [0.2, 0.25) is 5.02 Å². The summed E-state index contributed by atoms with van der Waals surface area (Å²) in [6.45, 7) is 4.18. The molecule has 2 amide bonds. The summed E-state index contributed by atoms with van der Waals surface area (Å²) in [6.07, 6.45) is 0. The molecule has 0 radical (unpaired) electrons. The zero-order valence-electron chi connectivity index (χ0n) is 16.3. The van der Waals surface area contributed by atoms with E-state index in [2.05, 4.69) is 5.32 Å². The van der Waals surface area contributed by atoms with Crippen molar-refractivity contribution in [2.24, 2.45) is 0 Å². The number of carbonyl (C=O) groups excluding carboxylic acids is 3. The molecule has 8 heteroatoms. The van der Waals surface area contributed by atoms with Crippen LogP contribution in [-0.2, 0) is 14.3 Å². The van der Waals surface area contributed by atoms with Gasteiger partial charge in [-0.05, 0) is 50.2 Å². The van der Waals surface area contributed by atoms with Crippen molar-refractivity contribution < 1.29 is 23.9 Å². The third kappa shape index (κ3) is 7.12. The van der Waals surface area contributed by atoms with Gasteiger partial charge < -0.3 is 19.7 Å². The van der Waals surface area contributed by atoms with E-state index in [1.165, 1.54) is 0 Å². The van der Waals surface area contributed by atoms with Crippen molar-refractivity contribution in [1.82, 2.24) is 4.90 Å². The predicted octanol–water partition coefficient (Wildman–Crippen LogP) is 3.38. The van der Waals surface area contributed by atoms with Crippen LogP contribution in [0.25, 0.3) is 0 Å². The highest BCUT2D eigenvalue weighted by molar-refractivity contribution is 6.30. The molecule has 0 unspecified atom stereocenters. The fourth-order valence-corrected chi connectivity index (χ4v) is 2.69. The van der Waals surface area contributed by atoms with Gasteiger partial charge in [0, 0.05) is 29.4 Å². The molecule has 7 nitrogen and oxygen atoms in total. The van der Waals surface area contributed by atoms with Crippen LogP contribution < -0.4 is 10.1 Å². The van der Waals surface area contributed by atoms with Gasteiger partial charge in [-0.1, -0.05) is 23.7 Å². The number of hydrogen-bond donors (Lipinski definition) is 1. The molecular weight excluding hydrogens is 396 g/mol. The summed E-state index contributed by atoms with van der Waals surface area (Å²) in [5.41, 5.74) is 0.914. The number of ether oxygens (including phenoxy) is 2. The van der Waals surface area contributed by atoms with Gasteiger partial charge in [0.15, 0.2) is 13.2 Å². The first-order valence-electron chi connectivity index (χ1n) is 9.16. The molecule has 0 saturated carbocycles. The number of anilines is 1. The van der Waals surface area contributed by atoms with Gasteiger partial charge in [-0.2, -0.15) is 0 Å². The van der Waals surface area contributed by atoms with E-state index < -0.39 is 18.5 Å². The summed E-state index contributed by atoms with van der Waals surface area (Å²) < 4.78 is 10.1. The van der Waals surface area contributed by atoms with Crippen LogP contribution in [0.3, 0.4) is 0 Å². The molecule has 2 aromatic carbocycles. The average molecular weight is 419 g/mol. The maximum Gasteiger partial charge on any atom is 0.344 e. The summed E-state index contributed by atoms with van der Waals surface area (Å²) in [4.78, 5) is 37.8. The zero-order valence-corrected chi connectivity index (χ0v) is 17.1. The van der Waals surface area contributed by atoms with Crippen molar-refractivity contribution in [3.8, 4) is 5.75 Å². The number of nitrogens with one attached hydrogen (secondary N) is 1. The van der Waals surface area contributed by atoms with Gasteiger partial charge in [0.2, 0.25) is 0 Å². The van der Waals surface area contributed by atoms with Crippen molar-refractivity contribution in [3.05, 3.63) is 59.1 Å². The van der Waals surface area contributed by atoms with E-state index in [0.717, 1.165) is 0 Å². The molecule has 0 heterocycles. The van der Waals surface area contributed by atoms with Crippen LogP contribution >= 0.6 is 11.6 Å². The van der Waals surface area contributed by atoms with Crippen molar-refractivity contribution in [2.75, 3.05) is 31.6 Å². The fourth-order valence-electron chi connectivity index (χ4n) is 2.51. The molecule has 0 fully saturated rings. The van der Waals surface area contributed by atoms with E-state index >= 15 is 0 Å². The lowest BCUT2D eigenvalue weighted by Gasteiger charge is -2.19. The van der Waals surface area contributed by atoms with E-state index in [9.17, 15) is 14.4 Å². The molecule has 0 aliphatic carbocycles. The number of rotatable bonds is 9. The molecule has 0 bridgehead atoms. The minimum absolute atomic E-state index is 0.115. The van der Waals surface area contributed by atoms with Crippen LogP contribution in [0.1, 0.15) is 24.2 Å². The van der Waals surface area contributed by atoms with Crippen LogP contribution in [0, 0.1) is 0 Å². The summed E-state index contributed by atoms with van der Waals surface area (Å²) in [6, 6.07) is 13.2. The molecule has 29 heavy (non-hydrogen) atoms. The molecule has 154 valence electrons. The quantitative estimate of drug-likeness (QED) is 0.631. The maximum atomic E-state index is 12.4. The Balaban J connectivity index is 1.82. The van der Waals surface area contributed by atoms with Crippen LogP contribution in [0.4, 0.5) is 5.69 Å². The van der Waals surface area contributed by atoms with Gasteiger partial charge in [-0.15, -0.1) is 0 Å². The number of amides is 2. The third-order valence-electron chi connectivity index (χ3n) is 3.96. The first-order chi connectivity index (χ1) is 13.9. The molecule has 2 aromatic rings. The van der Waals surface area contributed by atoms with Gasteiger partial charge in [0.05, 0.1) is 0 Å². The SMILES string of the molecule is CCN(CC)C(=O)c1cccc(NC(=O)COC(=O)COc2cccc(Cl)c2)c1. The Bertz CT molecular complexity index is 868. The molecule has 1 N–H and O–H groups in total. The summed E-state index contributed by atoms with van der Waals surface area (Å²) >= 11 is 5.83. The minimum atomic E-state index is -0.689. The molecule has 0 atom stereocenters. The summed E-state index contributed by atoms with van der Waals surface area (Å²) in [7, 11) is 0.